The summed E-state index contributed by atoms with van der Waals surface area (Å²) in [7, 11) is 0. The molecular formula is C12H18O. The standard InChI is InChI=1S/C12H18O/c1-3-4-9-12(13)11-8-6-5-7-10(11)2/h4,9H,3,5-8H2,1-2H3/b9-4+. The fraction of sp³-hybridized carbons (Fsp3) is 0.583. The molecule has 0 radical (unpaired) electrons. The minimum atomic E-state index is 0.235. The normalized spacial score (nSPS) is 18.3. The van der Waals surface area contributed by atoms with Gasteiger partial charge in [-0.25, -0.2) is 0 Å². The van der Waals surface area contributed by atoms with Gasteiger partial charge in [0.05, 0.1) is 0 Å². The number of rotatable bonds is 3. The summed E-state index contributed by atoms with van der Waals surface area (Å²) in [5, 5.41) is 0. The molecule has 0 heterocycles. The molecular weight excluding hydrogens is 160 g/mol. The Balaban J connectivity index is 2.69. The summed E-state index contributed by atoms with van der Waals surface area (Å²) in [6.45, 7) is 4.14. The second-order valence-corrected chi connectivity index (χ2v) is 3.64. The fourth-order valence-electron chi connectivity index (χ4n) is 1.72. The van der Waals surface area contributed by atoms with Crippen molar-refractivity contribution in [2.24, 2.45) is 0 Å². The van der Waals surface area contributed by atoms with Crippen molar-refractivity contribution >= 4 is 5.78 Å². The van der Waals surface area contributed by atoms with Gasteiger partial charge in [0.2, 0.25) is 0 Å². The maximum Gasteiger partial charge on any atom is 0.181 e. The molecule has 0 spiro atoms. The molecule has 0 saturated carbocycles. The summed E-state index contributed by atoms with van der Waals surface area (Å²) in [5.74, 6) is 0.235. The lowest BCUT2D eigenvalue weighted by Crippen LogP contribution is -2.06. The van der Waals surface area contributed by atoms with E-state index in [2.05, 4.69) is 6.92 Å². The maximum atomic E-state index is 11.6. The minimum Gasteiger partial charge on any atom is -0.290 e. The number of hydrogen-bond acceptors (Lipinski definition) is 1. The van der Waals surface area contributed by atoms with E-state index in [1.807, 2.05) is 13.0 Å². The predicted molar refractivity (Wildman–Crippen MR) is 55.6 cm³/mol. The molecule has 0 N–H and O–H groups in total. The van der Waals surface area contributed by atoms with Crippen LogP contribution >= 0.6 is 0 Å². The van der Waals surface area contributed by atoms with Gasteiger partial charge >= 0.3 is 0 Å². The Labute approximate surface area is 80.5 Å². The molecule has 13 heavy (non-hydrogen) atoms. The van der Waals surface area contributed by atoms with Crippen molar-refractivity contribution < 1.29 is 4.79 Å². The SMILES string of the molecule is CC/C=C/C(=O)C1=C(C)CCCC1. The third-order valence-corrected chi connectivity index (χ3v) is 2.55. The molecule has 0 aromatic heterocycles. The van der Waals surface area contributed by atoms with Crippen LogP contribution < -0.4 is 0 Å². The molecule has 0 saturated heterocycles. The van der Waals surface area contributed by atoms with Crippen LogP contribution in [0.4, 0.5) is 0 Å². The molecule has 1 rings (SSSR count). The minimum absolute atomic E-state index is 0.235. The van der Waals surface area contributed by atoms with Gasteiger partial charge in [0.15, 0.2) is 5.78 Å². The summed E-state index contributed by atoms with van der Waals surface area (Å²) in [6.07, 6.45) is 9.14. The molecule has 0 aromatic carbocycles. The van der Waals surface area contributed by atoms with Gasteiger partial charge in [0, 0.05) is 0 Å². The van der Waals surface area contributed by atoms with Crippen LogP contribution in [0.2, 0.25) is 0 Å². The van der Waals surface area contributed by atoms with E-state index in [0.717, 1.165) is 24.8 Å². The predicted octanol–water partition coefficient (Wildman–Crippen LogP) is 3.41. The molecule has 0 aliphatic heterocycles. The first-order valence-corrected chi connectivity index (χ1v) is 5.15. The molecule has 0 atom stereocenters. The number of hydrogen-bond donors (Lipinski definition) is 0. The summed E-state index contributed by atoms with van der Waals surface area (Å²) < 4.78 is 0. The average molecular weight is 178 g/mol. The zero-order valence-corrected chi connectivity index (χ0v) is 8.60. The van der Waals surface area contributed by atoms with Crippen molar-refractivity contribution in [3.8, 4) is 0 Å². The van der Waals surface area contributed by atoms with Crippen molar-refractivity contribution in [2.75, 3.05) is 0 Å². The van der Waals surface area contributed by atoms with Crippen LogP contribution in [0.25, 0.3) is 0 Å². The third-order valence-electron chi connectivity index (χ3n) is 2.55. The first kappa shape index (κ1) is 10.2. The molecule has 0 bridgehead atoms. The molecule has 0 unspecified atom stereocenters. The highest BCUT2D eigenvalue weighted by molar-refractivity contribution is 6.04. The smallest absolute Gasteiger partial charge is 0.181 e. The van der Waals surface area contributed by atoms with Crippen molar-refractivity contribution in [3.05, 3.63) is 23.3 Å². The summed E-state index contributed by atoms with van der Waals surface area (Å²) >= 11 is 0. The maximum absolute atomic E-state index is 11.6. The molecule has 1 aliphatic rings. The Morgan fingerprint density at radius 1 is 1.38 bits per heavy atom. The second kappa shape index (κ2) is 5.00. The van der Waals surface area contributed by atoms with Crippen LogP contribution in [0.1, 0.15) is 46.0 Å². The Bertz CT molecular complexity index is 246. The van der Waals surface area contributed by atoms with Crippen molar-refractivity contribution in [3.63, 3.8) is 0 Å². The van der Waals surface area contributed by atoms with Gasteiger partial charge in [-0.1, -0.05) is 18.6 Å². The van der Waals surface area contributed by atoms with Gasteiger partial charge in [-0.15, -0.1) is 0 Å². The van der Waals surface area contributed by atoms with Gasteiger partial charge < -0.3 is 0 Å². The van der Waals surface area contributed by atoms with Crippen LogP contribution in [0.3, 0.4) is 0 Å². The Morgan fingerprint density at radius 2 is 2.08 bits per heavy atom. The van der Waals surface area contributed by atoms with E-state index in [0.29, 0.717) is 0 Å². The van der Waals surface area contributed by atoms with Gasteiger partial charge in [0.25, 0.3) is 0 Å². The molecule has 0 aromatic rings. The van der Waals surface area contributed by atoms with E-state index in [-0.39, 0.29) is 5.78 Å². The molecule has 1 aliphatic carbocycles. The van der Waals surface area contributed by atoms with E-state index in [9.17, 15) is 4.79 Å². The van der Waals surface area contributed by atoms with Crippen molar-refractivity contribution in [1.82, 2.24) is 0 Å². The molecule has 72 valence electrons. The van der Waals surface area contributed by atoms with Crippen LogP contribution in [-0.2, 0) is 4.79 Å². The van der Waals surface area contributed by atoms with E-state index in [4.69, 9.17) is 0 Å². The van der Waals surface area contributed by atoms with Crippen LogP contribution in [-0.4, -0.2) is 5.78 Å². The molecule has 1 nitrogen and oxygen atoms in total. The lowest BCUT2D eigenvalue weighted by Gasteiger charge is -2.14. The lowest BCUT2D eigenvalue weighted by atomic mass is 9.90. The summed E-state index contributed by atoms with van der Waals surface area (Å²) in [6, 6.07) is 0. The van der Waals surface area contributed by atoms with E-state index in [1.165, 1.54) is 18.4 Å². The Hall–Kier alpha value is -0.850. The van der Waals surface area contributed by atoms with Crippen LogP contribution in [0.15, 0.2) is 23.3 Å². The van der Waals surface area contributed by atoms with Crippen LogP contribution in [0.5, 0.6) is 0 Å². The van der Waals surface area contributed by atoms with E-state index in [1.54, 1.807) is 6.08 Å². The lowest BCUT2D eigenvalue weighted by molar-refractivity contribution is -0.111. The first-order valence-electron chi connectivity index (χ1n) is 5.15. The highest BCUT2D eigenvalue weighted by Crippen LogP contribution is 2.24. The third kappa shape index (κ3) is 2.83. The zero-order valence-electron chi connectivity index (χ0n) is 8.60. The van der Waals surface area contributed by atoms with E-state index < -0.39 is 0 Å². The topological polar surface area (TPSA) is 17.1 Å². The first-order chi connectivity index (χ1) is 6.25. The molecule has 0 fully saturated rings. The number of allylic oxidation sites excluding steroid dienone is 4. The van der Waals surface area contributed by atoms with Gasteiger partial charge in [-0.2, -0.15) is 0 Å². The number of ketones is 1. The largest absolute Gasteiger partial charge is 0.290 e. The highest BCUT2D eigenvalue weighted by Gasteiger charge is 2.13. The van der Waals surface area contributed by atoms with Crippen molar-refractivity contribution in [1.29, 1.82) is 0 Å². The average Bonchev–Trinajstić information content (AvgIpc) is 2.15. The quantitative estimate of drug-likeness (QED) is 0.605. The fourth-order valence-corrected chi connectivity index (χ4v) is 1.72. The second-order valence-electron chi connectivity index (χ2n) is 3.64. The van der Waals surface area contributed by atoms with Gasteiger partial charge in [-0.3, -0.25) is 4.79 Å². The Kier molecular flexibility index (Phi) is 3.94. The highest BCUT2D eigenvalue weighted by atomic mass is 16.1. The van der Waals surface area contributed by atoms with E-state index >= 15 is 0 Å². The monoisotopic (exact) mass is 178 g/mol. The summed E-state index contributed by atoms with van der Waals surface area (Å²) in [4.78, 5) is 11.6. The summed E-state index contributed by atoms with van der Waals surface area (Å²) in [5.41, 5.74) is 2.37. The molecule has 1 heteroatoms. The van der Waals surface area contributed by atoms with Gasteiger partial charge in [0.1, 0.15) is 0 Å². The van der Waals surface area contributed by atoms with Gasteiger partial charge in [-0.05, 0) is 50.7 Å². The number of carbonyl (C=O) groups excluding carboxylic acids is 1. The molecule has 0 amide bonds. The Morgan fingerprint density at radius 3 is 2.69 bits per heavy atom. The zero-order chi connectivity index (χ0) is 9.68. The van der Waals surface area contributed by atoms with Crippen molar-refractivity contribution in [2.45, 2.75) is 46.0 Å². The number of carbonyl (C=O) groups is 1. The van der Waals surface area contributed by atoms with Crippen LogP contribution in [0, 0.1) is 0 Å².